The fraction of sp³-hybridized carbons (Fsp3) is 0.350. The largest absolute Gasteiger partial charge is 0.352 e. The van der Waals surface area contributed by atoms with Gasteiger partial charge < -0.3 is 10.3 Å². The number of aryl methyl sites for hydroxylation is 4. The molecule has 0 atom stereocenters. The molecule has 0 aliphatic heterocycles. The smallest absolute Gasteiger partial charge is 0.251 e. The molecule has 0 unspecified atom stereocenters. The van der Waals surface area contributed by atoms with Crippen molar-refractivity contribution in [2.45, 2.75) is 40.2 Å². The molecule has 136 valence electrons. The summed E-state index contributed by atoms with van der Waals surface area (Å²) in [7, 11) is 1.89. The molecule has 0 saturated heterocycles. The van der Waals surface area contributed by atoms with Gasteiger partial charge in [0.1, 0.15) is 0 Å². The highest BCUT2D eigenvalue weighted by Gasteiger charge is 2.11. The third kappa shape index (κ3) is 3.69. The standard InChI is InChI=1S/C20H24N4O2/c1-12-5-6-15-10-16(20(26)22-18(15)9-12)7-8-19(25)21-11-17-13(2)23-24(4)14(17)3/h5-6,9-10H,7-8,11H2,1-4H3,(H,21,25)(H,22,26). The molecule has 0 spiro atoms. The first-order valence-electron chi connectivity index (χ1n) is 8.73. The average molecular weight is 352 g/mol. The van der Waals surface area contributed by atoms with Crippen molar-refractivity contribution in [1.29, 1.82) is 0 Å². The van der Waals surface area contributed by atoms with Gasteiger partial charge in [0.15, 0.2) is 0 Å². The first kappa shape index (κ1) is 17.9. The lowest BCUT2D eigenvalue weighted by atomic mass is 10.1. The van der Waals surface area contributed by atoms with Crippen LogP contribution in [0.4, 0.5) is 0 Å². The van der Waals surface area contributed by atoms with E-state index in [1.165, 1.54) is 0 Å². The molecule has 0 fully saturated rings. The number of hydrogen-bond donors (Lipinski definition) is 2. The fourth-order valence-electron chi connectivity index (χ4n) is 3.14. The normalized spacial score (nSPS) is 11.1. The van der Waals surface area contributed by atoms with Crippen LogP contribution in [0.25, 0.3) is 10.9 Å². The first-order chi connectivity index (χ1) is 12.3. The van der Waals surface area contributed by atoms with Crippen molar-refractivity contribution in [3.05, 3.63) is 62.7 Å². The summed E-state index contributed by atoms with van der Waals surface area (Å²) in [6, 6.07) is 7.82. The van der Waals surface area contributed by atoms with Crippen molar-refractivity contribution in [1.82, 2.24) is 20.1 Å². The Morgan fingerprint density at radius 1 is 1.23 bits per heavy atom. The molecule has 2 aromatic heterocycles. The van der Waals surface area contributed by atoms with Crippen molar-refractivity contribution in [2.75, 3.05) is 0 Å². The third-order valence-electron chi connectivity index (χ3n) is 4.82. The number of pyridine rings is 1. The van der Waals surface area contributed by atoms with Crippen molar-refractivity contribution < 1.29 is 4.79 Å². The monoisotopic (exact) mass is 352 g/mol. The maximum absolute atomic E-state index is 12.2. The van der Waals surface area contributed by atoms with Crippen LogP contribution in [0, 0.1) is 20.8 Å². The van der Waals surface area contributed by atoms with Crippen molar-refractivity contribution in [3.8, 4) is 0 Å². The van der Waals surface area contributed by atoms with Gasteiger partial charge in [-0.05, 0) is 50.3 Å². The molecule has 2 heterocycles. The highest BCUT2D eigenvalue weighted by molar-refractivity contribution is 5.80. The van der Waals surface area contributed by atoms with Crippen LogP contribution in [0.5, 0.6) is 0 Å². The van der Waals surface area contributed by atoms with Crippen LogP contribution in [-0.4, -0.2) is 20.7 Å². The highest BCUT2D eigenvalue weighted by Crippen LogP contribution is 2.14. The molecule has 2 N–H and O–H groups in total. The molecular formula is C20H24N4O2. The van der Waals surface area contributed by atoms with E-state index in [0.717, 1.165) is 33.4 Å². The zero-order chi connectivity index (χ0) is 18.8. The van der Waals surface area contributed by atoms with E-state index in [4.69, 9.17) is 0 Å². The van der Waals surface area contributed by atoms with E-state index in [1.807, 2.05) is 56.8 Å². The van der Waals surface area contributed by atoms with Crippen LogP contribution in [0.1, 0.15) is 34.5 Å². The minimum Gasteiger partial charge on any atom is -0.352 e. The summed E-state index contributed by atoms with van der Waals surface area (Å²) in [6.45, 7) is 6.36. The molecule has 1 amide bonds. The van der Waals surface area contributed by atoms with Crippen LogP contribution >= 0.6 is 0 Å². The molecule has 0 aliphatic rings. The predicted octanol–water partition coefficient (Wildman–Crippen LogP) is 2.44. The summed E-state index contributed by atoms with van der Waals surface area (Å²) in [5, 5.41) is 8.25. The van der Waals surface area contributed by atoms with E-state index >= 15 is 0 Å². The van der Waals surface area contributed by atoms with Crippen LogP contribution in [0.2, 0.25) is 0 Å². The third-order valence-corrected chi connectivity index (χ3v) is 4.82. The number of rotatable bonds is 5. The van der Waals surface area contributed by atoms with Gasteiger partial charge >= 0.3 is 0 Å². The summed E-state index contributed by atoms with van der Waals surface area (Å²) >= 11 is 0. The lowest BCUT2D eigenvalue weighted by molar-refractivity contribution is -0.121. The Hall–Kier alpha value is -2.89. The number of nitrogens with one attached hydrogen (secondary N) is 2. The minimum atomic E-state index is -0.130. The topological polar surface area (TPSA) is 79.8 Å². The molecule has 3 rings (SSSR count). The van der Waals surface area contributed by atoms with Crippen LogP contribution in [0.15, 0.2) is 29.1 Å². The van der Waals surface area contributed by atoms with E-state index in [2.05, 4.69) is 15.4 Å². The summed E-state index contributed by atoms with van der Waals surface area (Å²) in [5.74, 6) is -0.0731. The van der Waals surface area contributed by atoms with Gasteiger partial charge in [0.2, 0.25) is 5.91 Å². The highest BCUT2D eigenvalue weighted by atomic mass is 16.1. The Morgan fingerprint density at radius 3 is 2.69 bits per heavy atom. The van der Waals surface area contributed by atoms with E-state index in [9.17, 15) is 9.59 Å². The molecule has 0 aliphatic carbocycles. The first-order valence-corrected chi connectivity index (χ1v) is 8.73. The number of H-pyrrole nitrogens is 1. The van der Waals surface area contributed by atoms with Crippen LogP contribution in [-0.2, 0) is 24.8 Å². The van der Waals surface area contributed by atoms with Gasteiger partial charge in [-0.15, -0.1) is 0 Å². The Morgan fingerprint density at radius 2 is 2.00 bits per heavy atom. The molecule has 0 radical (unpaired) electrons. The number of nitrogens with zero attached hydrogens (tertiary/aromatic N) is 2. The van der Waals surface area contributed by atoms with Gasteiger partial charge in [-0.2, -0.15) is 5.10 Å². The lowest BCUT2D eigenvalue weighted by Gasteiger charge is -2.07. The SMILES string of the molecule is Cc1ccc2cc(CCC(=O)NCc3c(C)nn(C)c3C)c(=O)[nH]c2c1. The Kier molecular flexibility index (Phi) is 4.93. The maximum atomic E-state index is 12.2. The quantitative estimate of drug-likeness (QED) is 0.740. The van der Waals surface area contributed by atoms with Crippen LogP contribution in [0.3, 0.4) is 0 Å². The molecule has 1 aromatic carbocycles. The van der Waals surface area contributed by atoms with Crippen LogP contribution < -0.4 is 10.9 Å². The number of aromatic amines is 1. The second-order valence-electron chi connectivity index (χ2n) is 6.76. The average Bonchev–Trinajstić information content (AvgIpc) is 2.83. The number of aromatic nitrogens is 3. The number of fused-ring (bicyclic) bond motifs is 1. The van der Waals surface area contributed by atoms with E-state index in [0.29, 0.717) is 18.5 Å². The molecule has 6 nitrogen and oxygen atoms in total. The van der Waals surface area contributed by atoms with Gasteiger partial charge in [-0.1, -0.05) is 12.1 Å². The zero-order valence-corrected chi connectivity index (χ0v) is 15.6. The van der Waals surface area contributed by atoms with Gasteiger partial charge in [0.05, 0.1) is 5.69 Å². The number of hydrogen-bond acceptors (Lipinski definition) is 3. The van der Waals surface area contributed by atoms with Crippen molar-refractivity contribution in [3.63, 3.8) is 0 Å². The second-order valence-corrected chi connectivity index (χ2v) is 6.76. The van der Waals surface area contributed by atoms with Gasteiger partial charge in [0.25, 0.3) is 5.56 Å². The maximum Gasteiger partial charge on any atom is 0.251 e. The number of benzene rings is 1. The summed E-state index contributed by atoms with van der Waals surface area (Å²) in [4.78, 5) is 27.3. The Balaban J connectivity index is 1.64. The predicted molar refractivity (Wildman–Crippen MR) is 102 cm³/mol. The van der Waals surface area contributed by atoms with Gasteiger partial charge in [-0.25, -0.2) is 0 Å². The summed E-state index contributed by atoms with van der Waals surface area (Å²) in [6.07, 6.45) is 0.689. The molecule has 0 bridgehead atoms. The number of amides is 1. The zero-order valence-electron chi connectivity index (χ0n) is 15.6. The van der Waals surface area contributed by atoms with Crippen molar-refractivity contribution in [2.24, 2.45) is 7.05 Å². The molecular weight excluding hydrogens is 328 g/mol. The van der Waals surface area contributed by atoms with Crippen molar-refractivity contribution >= 4 is 16.8 Å². The fourth-order valence-corrected chi connectivity index (χ4v) is 3.14. The van der Waals surface area contributed by atoms with Gasteiger partial charge in [-0.3, -0.25) is 14.3 Å². The molecule has 0 saturated carbocycles. The molecule has 6 heteroatoms. The van der Waals surface area contributed by atoms with Gasteiger partial charge in [0, 0.05) is 42.4 Å². The molecule has 3 aromatic rings. The Labute approximate surface area is 152 Å². The minimum absolute atomic E-state index is 0.0731. The lowest BCUT2D eigenvalue weighted by Crippen LogP contribution is -2.24. The van der Waals surface area contributed by atoms with E-state index in [-0.39, 0.29) is 17.9 Å². The summed E-state index contributed by atoms with van der Waals surface area (Å²) < 4.78 is 1.81. The number of carbonyl (C=O) groups is 1. The van der Waals surface area contributed by atoms with E-state index < -0.39 is 0 Å². The second kappa shape index (κ2) is 7.15. The number of carbonyl (C=O) groups excluding carboxylic acids is 1. The summed E-state index contributed by atoms with van der Waals surface area (Å²) in [5.41, 5.74) is 5.43. The Bertz CT molecular complexity index is 1030. The molecule has 26 heavy (non-hydrogen) atoms. The van der Waals surface area contributed by atoms with E-state index in [1.54, 1.807) is 0 Å².